The van der Waals surface area contributed by atoms with Gasteiger partial charge in [-0.3, -0.25) is 14.9 Å². The maximum absolute atomic E-state index is 12.8. The fourth-order valence-electron chi connectivity index (χ4n) is 3.29. The molecule has 0 bridgehead atoms. The Morgan fingerprint density at radius 3 is 2.42 bits per heavy atom. The number of ether oxygens (including phenoxy) is 2. The molecule has 4 aromatic rings. The Morgan fingerprint density at radius 1 is 1.00 bits per heavy atom. The predicted octanol–water partition coefficient (Wildman–Crippen LogP) is 5.98. The van der Waals surface area contributed by atoms with Gasteiger partial charge in [-0.2, -0.15) is 0 Å². The van der Waals surface area contributed by atoms with Gasteiger partial charge in [0.05, 0.1) is 15.9 Å². The molecule has 0 fully saturated rings. The number of aryl methyl sites for hydroxylation is 2. The van der Waals surface area contributed by atoms with Crippen molar-refractivity contribution in [2.75, 3.05) is 0 Å². The Bertz CT molecular complexity index is 1460. The molecule has 9 heteroatoms. The highest BCUT2D eigenvalue weighted by atomic mass is 35.5. The summed E-state index contributed by atoms with van der Waals surface area (Å²) in [7, 11) is 0. The molecule has 0 aliphatic rings. The van der Waals surface area contributed by atoms with E-state index in [1.54, 1.807) is 12.1 Å². The van der Waals surface area contributed by atoms with Gasteiger partial charge in [-0.15, -0.1) is 0 Å². The van der Waals surface area contributed by atoms with Gasteiger partial charge in [0, 0.05) is 12.1 Å². The maximum Gasteiger partial charge on any atom is 0.343 e. The number of fused-ring (bicyclic) bond motifs is 1. The highest BCUT2D eigenvalue weighted by molar-refractivity contribution is 6.32. The SMILES string of the molecule is Cc1cc(C)cc(Oc2coc3cc(OC(=O)c4ccc(Cl)c([N+](=O)[O-])c4)ccc3c2=O)c1. The van der Waals surface area contributed by atoms with Gasteiger partial charge in [-0.05, 0) is 61.4 Å². The topological polar surface area (TPSA) is 109 Å². The number of halogens is 1. The molecule has 0 saturated heterocycles. The molecule has 0 saturated carbocycles. The molecule has 0 unspecified atom stereocenters. The number of hydrogen-bond donors (Lipinski definition) is 0. The van der Waals surface area contributed by atoms with Crippen LogP contribution >= 0.6 is 11.6 Å². The van der Waals surface area contributed by atoms with Crippen molar-refractivity contribution in [2.24, 2.45) is 0 Å². The van der Waals surface area contributed by atoms with Crippen LogP contribution in [0.25, 0.3) is 11.0 Å². The lowest BCUT2D eigenvalue weighted by molar-refractivity contribution is -0.384. The van der Waals surface area contributed by atoms with Gasteiger partial charge in [0.1, 0.15) is 28.4 Å². The van der Waals surface area contributed by atoms with Crippen molar-refractivity contribution in [3.05, 3.63) is 103 Å². The molecule has 0 aliphatic carbocycles. The van der Waals surface area contributed by atoms with Crippen molar-refractivity contribution in [1.82, 2.24) is 0 Å². The average Bonchev–Trinajstić information content (AvgIpc) is 2.75. The average molecular weight is 466 g/mol. The molecule has 166 valence electrons. The summed E-state index contributed by atoms with van der Waals surface area (Å²) in [6, 6.07) is 13.4. The summed E-state index contributed by atoms with van der Waals surface area (Å²) in [6.45, 7) is 3.85. The first-order chi connectivity index (χ1) is 15.7. The Balaban J connectivity index is 1.59. The predicted molar refractivity (Wildman–Crippen MR) is 122 cm³/mol. The quantitative estimate of drug-likeness (QED) is 0.154. The highest BCUT2D eigenvalue weighted by Crippen LogP contribution is 2.28. The third kappa shape index (κ3) is 4.70. The van der Waals surface area contributed by atoms with Gasteiger partial charge < -0.3 is 13.9 Å². The molecule has 0 aliphatic heterocycles. The van der Waals surface area contributed by atoms with Gasteiger partial charge in [0.15, 0.2) is 0 Å². The minimum atomic E-state index is -0.828. The van der Waals surface area contributed by atoms with Crippen LogP contribution in [0.5, 0.6) is 17.2 Å². The zero-order chi connectivity index (χ0) is 23.7. The minimum absolute atomic E-state index is 0.0192. The van der Waals surface area contributed by atoms with Crippen LogP contribution in [0.2, 0.25) is 5.02 Å². The van der Waals surface area contributed by atoms with Gasteiger partial charge in [-0.25, -0.2) is 4.79 Å². The van der Waals surface area contributed by atoms with Crippen LogP contribution in [-0.2, 0) is 0 Å². The molecule has 4 rings (SSSR count). The molecule has 1 heterocycles. The Kier molecular flexibility index (Phi) is 5.85. The second kappa shape index (κ2) is 8.76. The normalized spacial score (nSPS) is 10.8. The summed E-state index contributed by atoms with van der Waals surface area (Å²) in [5, 5.41) is 11.2. The van der Waals surface area contributed by atoms with Crippen LogP contribution in [0.15, 0.2) is 70.1 Å². The van der Waals surface area contributed by atoms with Gasteiger partial charge in [-0.1, -0.05) is 17.7 Å². The van der Waals surface area contributed by atoms with E-state index in [1.165, 1.54) is 36.6 Å². The van der Waals surface area contributed by atoms with E-state index in [0.717, 1.165) is 17.2 Å². The summed E-state index contributed by atoms with van der Waals surface area (Å²) in [5.74, 6) is -0.199. The summed E-state index contributed by atoms with van der Waals surface area (Å²) in [6.07, 6.45) is 1.19. The zero-order valence-corrected chi connectivity index (χ0v) is 18.2. The number of benzene rings is 3. The van der Waals surface area contributed by atoms with E-state index in [4.69, 9.17) is 25.5 Å². The van der Waals surface area contributed by atoms with Crippen LogP contribution in [0.4, 0.5) is 5.69 Å². The second-order valence-corrected chi connectivity index (χ2v) is 7.73. The van der Waals surface area contributed by atoms with Crippen LogP contribution in [0.3, 0.4) is 0 Å². The smallest absolute Gasteiger partial charge is 0.343 e. The number of rotatable bonds is 5. The third-order valence-electron chi connectivity index (χ3n) is 4.73. The first kappa shape index (κ1) is 22.0. The Morgan fingerprint density at radius 2 is 1.73 bits per heavy atom. The molecule has 0 spiro atoms. The number of carbonyl (C=O) groups excluding carboxylic acids is 1. The number of carbonyl (C=O) groups is 1. The summed E-state index contributed by atoms with van der Waals surface area (Å²) >= 11 is 5.77. The Labute approximate surface area is 192 Å². The minimum Gasteiger partial charge on any atom is -0.460 e. The molecule has 3 aromatic carbocycles. The molecule has 0 amide bonds. The molecule has 33 heavy (non-hydrogen) atoms. The fourth-order valence-corrected chi connectivity index (χ4v) is 3.48. The monoisotopic (exact) mass is 465 g/mol. The summed E-state index contributed by atoms with van der Waals surface area (Å²) in [5.41, 5.74) is 1.32. The molecule has 0 radical (unpaired) electrons. The van der Waals surface area contributed by atoms with E-state index < -0.39 is 16.6 Å². The molecule has 0 N–H and O–H groups in total. The fraction of sp³-hybridized carbons (Fsp3) is 0.0833. The van der Waals surface area contributed by atoms with E-state index in [9.17, 15) is 19.7 Å². The maximum atomic E-state index is 12.8. The van der Waals surface area contributed by atoms with Crippen molar-refractivity contribution in [2.45, 2.75) is 13.8 Å². The highest BCUT2D eigenvalue weighted by Gasteiger charge is 2.18. The van der Waals surface area contributed by atoms with Crippen molar-refractivity contribution in [1.29, 1.82) is 0 Å². The largest absolute Gasteiger partial charge is 0.460 e. The number of nitro benzene ring substituents is 1. The summed E-state index contributed by atoms with van der Waals surface area (Å²) < 4.78 is 16.5. The van der Waals surface area contributed by atoms with E-state index in [1.807, 2.05) is 19.9 Å². The van der Waals surface area contributed by atoms with Crippen LogP contribution < -0.4 is 14.9 Å². The van der Waals surface area contributed by atoms with Gasteiger partial charge in [0.25, 0.3) is 5.69 Å². The lowest BCUT2D eigenvalue weighted by atomic mass is 10.1. The lowest BCUT2D eigenvalue weighted by Gasteiger charge is -2.09. The molecule has 8 nitrogen and oxygen atoms in total. The van der Waals surface area contributed by atoms with Gasteiger partial charge in [0.2, 0.25) is 11.2 Å². The van der Waals surface area contributed by atoms with Crippen molar-refractivity contribution >= 4 is 34.2 Å². The number of nitro groups is 1. The van der Waals surface area contributed by atoms with Crippen molar-refractivity contribution in [3.63, 3.8) is 0 Å². The van der Waals surface area contributed by atoms with E-state index in [0.29, 0.717) is 5.75 Å². The van der Waals surface area contributed by atoms with Crippen LogP contribution in [-0.4, -0.2) is 10.9 Å². The first-order valence-corrected chi connectivity index (χ1v) is 10.1. The van der Waals surface area contributed by atoms with Crippen LogP contribution in [0, 0.1) is 24.0 Å². The number of esters is 1. The lowest BCUT2D eigenvalue weighted by Crippen LogP contribution is -2.09. The Hall–Kier alpha value is -4.17. The summed E-state index contributed by atoms with van der Waals surface area (Å²) in [4.78, 5) is 35.6. The van der Waals surface area contributed by atoms with E-state index in [-0.39, 0.29) is 38.5 Å². The third-order valence-corrected chi connectivity index (χ3v) is 5.05. The first-order valence-electron chi connectivity index (χ1n) is 9.69. The van der Waals surface area contributed by atoms with E-state index >= 15 is 0 Å². The van der Waals surface area contributed by atoms with Crippen molar-refractivity contribution < 1.29 is 23.6 Å². The zero-order valence-electron chi connectivity index (χ0n) is 17.5. The molecule has 0 atom stereocenters. The molecule has 1 aromatic heterocycles. The second-order valence-electron chi connectivity index (χ2n) is 7.33. The molecular formula is C24H16ClNO7. The number of hydrogen-bond acceptors (Lipinski definition) is 7. The molecular weight excluding hydrogens is 450 g/mol. The van der Waals surface area contributed by atoms with E-state index in [2.05, 4.69) is 0 Å². The van der Waals surface area contributed by atoms with Crippen LogP contribution in [0.1, 0.15) is 21.5 Å². The van der Waals surface area contributed by atoms with Gasteiger partial charge >= 0.3 is 5.97 Å². The standard InChI is InChI=1S/C24H16ClNO7/c1-13-7-14(2)9-17(8-13)32-22-12-31-21-11-16(4-5-18(21)23(22)27)33-24(28)15-3-6-19(25)20(10-15)26(29)30/h3-12H,1-2H3. The van der Waals surface area contributed by atoms with Crippen molar-refractivity contribution in [3.8, 4) is 17.2 Å². The number of nitrogens with zero attached hydrogens (tertiary/aromatic N) is 1.